The van der Waals surface area contributed by atoms with Crippen LogP contribution in [0.1, 0.15) is 17.2 Å². The van der Waals surface area contributed by atoms with E-state index in [1.807, 2.05) is 0 Å². The van der Waals surface area contributed by atoms with Gasteiger partial charge in [-0.15, -0.1) is 0 Å². The van der Waals surface area contributed by atoms with Crippen molar-refractivity contribution in [2.45, 2.75) is 13.0 Å². The molecule has 0 aromatic heterocycles. The zero-order valence-electron chi connectivity index (χ0n) is 12.0. The highest BCUT2D eigenvalue weighted by Crippen LogP contribution is 2.47. The number of allylic oxidation sites excluding steroid dienone is 1. The predicted molar refractivity (Wildman–Crippen MR) is 84.3 cm³/mol. The lowest BCUT2D eigenvalue weighted by molar-refractivity contribution is 0.387. The standard InChI is InChI=1S/C16H23NS/c1-13-8-6-7-9-15(13)16-11-10-14(12-17(16)2)18(3,4)5/h6-12,16H,1-5H3. The summed E-state index contributed by atoms with van der Waals surface area (Å²) in [6, 6.07) is 9.01. The summed E-state index contributed by atoms with van der Waals surface area (Å²) in [6.07, 6.45) is 14.0. The Labute approximate surface area is 113 Å². The van der Waals surface area contributed by atoms with E-state index < -0.39 is 10.0 Å². The third kappa shape index (κ3) is 2.64. The van der Waals surface area contributed by atoms with E-state index in [9.17, 15) is 0 Å². The third-order valence-corrected chi connectivity index (χ3v) is 5.08. The quantitative estimate of drug-likeness (QED) is 0.775. The van der Waals surface area contributed by atoms with Crippen LogP contribution in [-0.4, -0.2) is 30.7 Å². The highest BCUT2D eigenvalue weighted by molar-refractivity contribution is 8.35. The van der Waals surface area contributed by atoms with Crippen LogP contribution in [0.3, 0.4) is 0 Å². The summed E-state index contributed by atoms with van der Waals surface area (Å²) < 4.78 is 0. The van der Waals surface area contributed by atoms with Crippen molar-refractivity contribution in [2.24, 2.45) is 0 Å². The van der Waals surface area contributed by atoms with Crippen molar-refractivity contribution in [3.8, 4) is 0 Å². The first-order valence-corrected chi connectivity index (χ1v) is 9.11. The van der Waals surface area contributed by atoms with Gasteiger partial charge < -0.3 is 4.90 Å². The highest BCUT2D eigenvalue weighted by atomic mass is 32.3. The molecule has 0 fully saturated rings. The molecule has 1 aliphatic heterocycles. The summed E-state index contributed by atoms with van der Waals surface area (Å²) in [5.74, 6) is 0. The molecule has 1 heterocycles. The minimum atomic E-state index is -0.642. The van der Waals surface area contributed by atoms with E-state index in [1.54, 1.807) is 0 Å². The van der Waals surface area contributed by atoms with Crippen molar-refractivity contribution < 1.29 is 0 Å². The minimum absolute atomic E-state index is 0.372. The van der Waals surface area contributed by atoms with Crippen LogP contribution in [0.25, 0.3) is 0 Å². The molecule has 1 atom stereocenters. The molecule has 2 heteroatoms. The van der Waals surface area contributed by atoms with Crippen LogP contribution in [0.2, 0.25) is 0 Å². The topological polar surface area (TPSA) is 3.24 Å². The van der Waals surface area contributed by atoms with E-state index in [-0.39, 0.29) is 0 Å². The molecule has 0 spiro atoms. The Balaban J connectivity index is 2.30. The number of hydrogen-bond donors (Lipinski definition) is 0. The van der Waals surface area contributed by atoms with Crippen LogP contribution < -0.4 is 0 Å². The van der Waals surface area contributed by atoms with Gasteiger partial charge in [0.15, 0.2) is 0 Å². The lowest BCUT2D eigenvalue weighted by Gasteiger charge is -2.35. The van der Waals surface area contributed by atoms with Gasteiger partial charge >= 0.3 is 0 Å². The molecule has 1 aliphatic rings. The number of nitrogens with zero attached hydrogens (tertiary/aromatic N) is 1. The summed E-state index contributed by atoms with van der Waals surface area (Å²) in [5.41, 5.74) is 2.76. The van der Waals surface area contributed by atoms with Crippen molar-refractivity contribution in [1.29, 1.82) is 0 Å². The van der Waals surface area contributed by atoms with Crippen LogP contribution in [0.5, 0.6) is 0 Å². The molecule has 0 amide bonds. The Hall–Kier alpha value is -1.15. The van der Waals surface area contributed by atoms with Crippen LogP contribution in [0, 0.1) is 6.92 Å². The highest BCUT2D eigenvalue weighted by Gasteiger charge is 2.20. The van der Waals surface area contributed by atoms with Crippen LogP contribution in [-0.2, 0) is 0 Å². The predicted octanol–water partition coefficient (Wildman–Crippen LogP) is 4.07. The lowest BCUT2D eigenvalue weighted by atomic mass is 9.99. The number of benzene rings is 1. The molecule has 1 nitrogen and oxygen atoms in total. The zero-order valence-corrected chi connectivity index (χ0v) is 12.8. The molecule has 0 saturated heterocycles. The Kier molecular flexibility index (Phi) is 3.58. The Morgan fingerprint density at radius 2 is 1.78 bits per heavy atom. The van der Waals surface area contributed by atoms with Gasteiger partial charge in [0.2, 0.25) is 0 Å². The second-order valence-electron chi connectivity index (χ2n) is 5.69. The first-order valence-electron chi connectivity index (χ1n) is 6.25. The minimum Gasteiger partial charge on any atom is -0.369 e. The van der Waals surface area contributed by atoms with E-state index in [0.717, 1.165) is 0 Å². The van der Waals surface area contributed by atoms with E-state index in [0.29, 0.717) is 6.04 Å². The van der Waals surface area contributed by atoms with Crippen molar-refractivity contribution in [3.63, 3.8) is 0 Å². The molecule has 0 N–H and O–H groups in total. The van der Waals surface area contributed by atoms with Crippen molar-refractivity contribution in [2.75, 3.05) is 25.8 Å². The van der Waals surface area contributed by atoms with Gasteiger partial charge in [-0.1, -0.05) is 36.4 Å². The van der Waals surface area contributed by atoms with Gasteiger partial charge in [-0.3, -0.25) is 0 Å². The molecular weight excluding hydrogens is 238 g/mol. The van der Waals surface area contributed by atoms with Crippen LogP contribution in [0.15, 0.2) is 47.5 Å². The van der Waals surface area contributed by atoms with E-state index in [1.165, 1.54) is 16.0 Å². The van der Waals surface area contributed by atoms with Crippen molar-refractivity contribution >= 4 is 10.0 Å². The summed E-state index contributed by atoms with van der Waals surface area (Å²) in [4.78, 5) is 3.80. The van der Waals surface area contributed by atoms with Gasteiger partial charge in [-0.25, -0.2) is 10.0 Å². The molecule has 98 valence electrons. The van der Waals surface area contributed by atoms with Gasteiger partial charge in [0.1, 0.15) is 0 Å². The molecule has 0 radical (unpaired) electrons. The van der Waals surface area contributed by atoms with Crippen molar-refractivity contribution in [1.82, 2.24) is 4.90 Å². The summed E-state index contributed by atoms with van der Waals surface area (Å²) in [7, 11) is 1.53. The first kappa shape index (κ1) is 13.3. The Morgan fingerprint density at radius 3 is 2.33 bits per heavy atom. The fraction of sp³-hybridized carbons (Fsp3) is 0.375. The van der Waals surface area contributed by atoms with Crippen LogP contribution in [0.4, 0.5) is 0 Å². The van der Waals surface area contributed by atoms with E-state index in [2.05, 4.69) is 80.3 Å². The van der Waals surface area contributed by atoms with E-state index >= 15 is 0 Å². The summed E-state index contributed by atoms with van der Waals surface area (Å²) >= 11 is 0. The maximum Gasteiger partial charge on any atom is 0.0724 e. The number of likely N-dealkylation sites (N-methyl/N-ethyl adjacent to an activating group) is 1. The molecule has 1 unspecified atom stereocenters. The molecule has 0 saturated carbocycles. The second-order valence-corrected chi connectivity index (χ2v) is 9.84. The smallest absolute Gasteiger partial charge is 0.0724 e. The molecule has 0 bridgehead atoms. The number of aryl methyl sites for hydroxylation is 1. The average Bonchev–Trinajstić information content (AvgIpc) is 2.29. The van der Waals surface area contributed by atoms with E-state index in [4.69, 9.17) is 0 Å². The first-order chi connectivity index (χ1) is 8.39. The van der Waals surface area contributed by atoms with Gasteiger partial charge in [0.05, 0.1) is 6.04 Å². The van der Waals surface area contributed by atoms with Gasteiger partial charge in [-0.2, -0.15) is 0 Å². The molecular formula is C16H23NS. The Bertz CT molecular complexity index is 494. The lowest BCUT2D eigenvalue weighted by Crippen LogP contribution is -2.22. The van der Waals surface area contributed by atoms with Gasteiger partial charge in [0.25, 0.3) is 0 Å². The maximum absolute atomic E-state index is 2.34. The number of hydrogen-bond acceptors (Lipinski definition) is 1. The van der Waals surface area contributed by atoms with Crippen LogP contribution >= 0.6 is 10.0 Å². The largest absolute Gasteiger partial charge is 0.369 e. The summed E-state index contributed by atoms with van der Waals surface area (Å²) in [5, 5.41) is 0. The molecule has 18 heavy (non-hydrogen) atoms. The molecule has 2 rings (SSSR count). The molecule has 1 aromatic carbocycles. The zero-order chi connectivity index (χ0) is 13.3. The SMILES string of the molecule is Cc1ccccc1C1C=CC(S(C)(C)C)=CN1C. The summed E-state index contributed by atoms with van der Waals surface area (Å²) in [6.45, 7) is 2.19. The monoisotopic (exact) mass is 261 g/mol. The van der Waals surface area contributed by atoms with Gasteiger partial charge in [0, 0.05) is 18.2 Å². The maximum atomic E-state index is 2.34. The fourth-order valence-corrected chi connectivity index (χ4v) is 3.22. The number of rotatable bonds is 2. The second kappa shape index (κ2) is 4.85. The Morgan fingerprint density at radius 1 is 1.11 bits per heavy atom. The average molecular weight is 261 g/mol. The molecule has 1 aromatic rings. The van der Waals surface area contributed by atoms with Gasteiger partial charge in [-0.05, 0) is 36.8 Å². The fourth-order valence-electron chi connectivity index (χ4n) is 2.25. The van der Waals surface area contributed by atoms with Crippen molar-refractivity contribution in [3.05, 3.63) is 58.6 Å². The molecule has 0 aliphatic carbocycles. The normalized spacial score (nSPS) is 20.8. The third-order valence-electron chi connectivity index (χ3n) is 3.43.